The van der Waals surface area contributed by atoms with Crippen LogP contribution in [0.5, 0.6) is 5.75 Å². The molecule has 2 N–H and O–H groups in total. The average Bonchev–Trinajstić information content (AvgIpc) is 2.58. The lowest BCUT2D eigenvalue weighted by molar-refractivity contribution is 0.0240. The number of hydrogen-bond acceptors (Lipinski definition) is 3. The van der Waals surface area contributed by atoms with Crippen LogP contribution >= 0.6 is 0 Å². The van der Waals surface area contributed by atoms with E-state index in [-0.39, 0.29) is 17.3 Å². The fourth-order valence-electron chi connectivity index (χ4n) is 3.74. The van der Waals surface area contributed by atoms with Crippen LogP contribution in [-0.4, -0.2) is 25.9 Å². The molecule has 2 aliphatic rings. The standard InChI is InChI=1S/C18H26FNO2/c19-16-12-14(18(13-20)8-2-1-3-9-18)4-5-17(16)22-15-6-10-21-11-7-15/h4-5,12,15H,1-3,6-11,13,20H2. The lowest BCUT2D eigenvalue weighted by Gasteiger charge is -2.37. The first kappa shape index (κ1) is 15.8. The summed E-state index contributed by atoms with van der Waals surface area (Å²) in [5.74, 6) is 0.0982. The van der Waals surface area contributed by atoms with Gasteiger partial charge in [0.2, 0.25) is 0 Å². The summed E-state index contributed by atoms with van der Waals surface area (Å²) in [7, 11) is 0. The molecule has 0 spiro atoms. The van der Waals surface area contributed by atoms with E-state index in [0.29, 0.717) is 25.5 Å². The summed E-state index contributed by atoms with van der Waals surface area (Å²) in [5.41, 5.74) is 7.03. The number of benzene rings is 1. The highest BCUT2D eigenvalue weighted by atomic mass is 19.1. The lowest BCUT2D eigenvalue weighted by Crippen LogP contribution is -2.37. The first-order valence-corrected chi connectivity index (χ1v) is 8.48. The normalized spacial score (nSPS) is 22.5. The van der Waals surface area contributed by atoms with E-state index in [2.05, 4.69) is 0 Å². The molecule has 4 heteroatoms. The van der Waals surface area contributed by atoms with Crippen molar-refractivity contribution in [3.05, 3.63) is 29.6 Å². The zero-order valence-electron chi connectivity index (χ0n) is 13.2. The van der Waals surface area contributed by atoms with E-state index in [1.807, 2.05) is 6.07 Å². The highest BCUT2D eigenvalue weighted by Gasteiger charge is 2.33. The summed E-state index contributed by atoms with van der Waals surface area (Å²) < 4.78 is 25.6. The van der Waals surface area contributed by atoms with Gasteiger partial charge in [-0.1, -0.05) is 25.3 Å². The average molecular weight is 307 g/mol. The van der Waals surface area contributed by atoms with Crippen LogP contribution in [0, 0.1) is 5.82 Å². The summed E-state index contributed by atoms with van der Waals surface area (Å²) in [6.45, 7) is 1.98. The van der Waals surface area contributed by atoms with Gasteiger partial charge in [0.15, 0.2) is 11.6 Å². The molecule has 1 saturated carbocycles. The summed E-state index contributed by atoms with van der Waals surface area (Å²) in [5, 5.41) is 0. The first-order chi connectivity index (χ1) is 10.7. The fraction of sp³-hybridized carbons (Fsp3) is 0.667. The zero-order valence-corrected chi connectivity index (χ0v) is 13.2. The minimum atomic E-state index is -0.262. The number of halogens is 1. The van der Waals surface area contributed by atoms with Crippen molar-refractivity contribution in [2.75, 3.05) is 19.8 Å². The Hall–Kier alpha value is -1.13. The quantitative estimate of drug-likeness (QED) is 0.925. The maximum absolute atomic E-state index is 14.5. The van der Waals surface area contributed by atoms with Crippen LogP contribution in [0.25, 0.3) is 0 Å². The molecular formula is C18H26FNO2. The molecule has 0 atom stereocenters. The first-order valence-electron chi connectivity index (χ1n) is 8.48. The molecule has 22 heavy (non-hydrogen) atoms. The largest absolute Gasteiger partial charge is 0.487 e. The van der Waals surface area contributed by atoms with Crippen molar-refractivity contribution in [1.29, 1.82) is 0 Å². The SMILES string of the molecule is NCC1(c2ccc(OC3CCOCC3)c(F)c2)CCCCC1. The third kappa shape index (κ3) is 3.28. The topological polar surface area (TPSA) is 44.5 Å². The van der Waals surface area contributed by atoms with Crippen molar-refractivity contribution in [3.8, 4) is 5.75 Å². The van der Waals surface area contributed by atoms with Crippen molar-refractivity contribution < 1.29 is 13.9 Å². The Bertz CT molecular complexity index is 494. The van der Waals surface area contributed by atoms with Gasteiger partial charge in [0.1, 0.15) is 6.10 Å². The Balaban J connectivity index is 1.76. The second kappa shape index (κ2) is 6.97. The summed E-state index contributed by atoms with van der Waals surface area (Å²) in [6, 6.07) is 5.44. The minimum absolute atomic E-state index is 0.0453. The smallest absolute Gasteiger partial charge is 0.165 e. The van der Waals surface area contributed by atoms with Crippen molar-refractivity contribution in [1.82, 2.24) is 0 Å². The van der Waals surface area contributed by atoms with E-state index in [1.165, 1.54) is 19.3 Å². The number of hydrogen-bond donors (Lipinski definition) is 1. The van der Waals surface area contributed by atoms with E-state index in [9.17, 15) is 4.39 Å². The molecule has 122 valence electrons. The lowest BCUT2D eigenvalue weighted by atomic mass is 9.69. The highest BCUT2D eigenvalue weighted by Crippen LogP contribution is 2.39. The van der Waals surface area contributed by atoms with E-state index in [4.69, 9.17) is 15.2 Å². The summed E-state index contributed by atoms with van der Waals surface area (Å²) >= 11 is 0. The van der Waals surface area contributed by atoms with Crippen LogP contribution in [0.1, 0.15) is 50.5 Å². The molecule has 3 nitrogen and oxygen atoms in total. The number of rotatable bonds is 4. The Kier molecular flexibility index (Phi) is 4.99. The molecule has 1 aromatic carbocycles. The molecule has 0 radical (unpaired) electrons. The molecule has 1 aliphatic carbocycles. The summed E-state index contributed by atoms with van der Waals surface area (Å²) in [4.78, 5) is 0. The van der Waals surface area contributed by atoms with Crippen LogP contribution < -0.4 is 10.5 Å². The van der Waals surface area contributed by atoms with Crippen LogP contribution in [0.15, 0.2) is 18.2 Å². The van der Waals surface area contributed by atoms with Crippen LogP contribution in [0.4, 0.5) is 4.39 Å². The molecule has 1 saturated heterocycles. The third-order valence-corrected chi connectivity index (χ3v) is 5.21. The van der Waals surface area contributed by atoms with Crippen LogP contribution in [-0.2, 0) is 10.2 Å². The molecule has 0 unspecified atom stereocenters. The molecule has 1 aromatic rings. The second-order valence-electron chi connectivity index (χ2n) is 6.62. The number of nitrogens with two attached hydrogens (primary N) is 1. The van der Waals surface area contributed by atoms with Crippen molar-refractivity contribution in [2.24, 2.45) is 5.73 Å². The van der Waals surface area contributed by atoms with Gasteiger partial charge in [-0.05, 0) is 30.5 Å². The molecule has 2 fully saturated rings. The molecule has 1 aliphatic heterocycles. The molecule has 0 aromatic heterocycles. The van der Waals surface area contributed by atoms with Gasteiger partial charge in [0, 0.05) is 24.8 Å². The van der Waals surface area contributed by atoms with Crippen LogP contribution in [0.2, 0.25) is 0 Å². The maximum atomic E-state index is 14.5. The second-order valence-corrected chi connectivity index (χ2v) is 6.62. The molecule has 0 amide bonds. The van der Waals surface area contributed by atoms with Crippen molar-refractivity contribution >= 4 is 0 Å². The Morgan fingerprint density at radius 3 is 2.55 bits per heavy atom. The van der Waals surface area contributed by atoms with Gasteiger partial charge in [0.25, 0.3) is 0 Å². The van der Waals surface area contributed by atoms with Gasteiger partial charge in [-0.15, -0.1) is 0 Å². The van der Waals surface area contributed by atoms with Gasteiger partial charge >= 0.3 is 0 Å². The molecular weight excluding hydrogens is 281 g/mol. The molecule has 3 rings (SSSR count). The fourth-order valence-corrected chi connectivity index (χ4v) is 3.74. The van der Waals surface area contributed by atoms with Gasteiger partial charge in [-0.2, -0.15) is 0 Å². The minimum Gasteiger partial charge on any atom is -0.487 e. The Labute approximate surface area is 132 Å². The van der Waals surface area contributed by atoms with Crippen molar-refractivity contribution in [2.45, 2.75) is 56.5 Å². The zero-order chi connectivity index (χ0) is 15.4. The third-order valence-electron chi connectivity index (χ3n) is 5.21. The van der Waals surface area contributed by atoms with E-state index in [0.717, 1.165) is 31.2 Å². The Morgan fingerprint density at radius 2 is 1.91 bits per heavy atom. The monoisotopic (exact) mass is 307 g/mol. The van der Waals surface area contributed by atoms with Gasteiger partial charge in [-0.25, -0.2) is 4.39 Å². The van der Waals surface area contributed by atoms with Gasteiger partial charge in [-0.3, -0.25) is 0 Å². The molecule has 0 bridgehead atoms. The predicted octanol–water partition coefficient (Wildman–Crippen LogP) is 3.54. The predicted molar refractivity (Wildman–Crippen MR) is 84.7 cm³/mol. The van der Waals surface area contributed by atoms with E-state index in [1.54, 1.807) is 12.1 Å². The van der Waals surface area contributed by atoms with Crippen LogP contribution in [0.3, 0.4) is 0 Å². The van der Waals surface area contributed by atoms with E-state index >= 15 is 0 Å². The van der Waals surface area contributed by atoms with Gasteiger partial charge in [0.05, 0.1) is 13.2 Å². The van der Waals surface area contributed by atoms with Gasteiger partial charge < -0.3 is 15.2 Å². The van der Waals surface area contributed by atoms with E-state index < -0.39 is 0 Å². The summed E-state index contributed by atoms with van der Waals surface area (Å²) in [6.07, 6.45) is 7.45. The Morgan fingerprint density at radius 1 is 1.18 bits per heavy atom. The molecule has 1 heterocycles. The maximum Gasteiger partial charge on any atom is 0.165 e. The number of ether oxygens (including phenoxy) is 2. The highest BCUT2D eigenvalue weighted by molar-refractivity contribution is 5.35. The van der Waals surface area contributed by atoms with Crippen molar-refractivity contribution in [3.63, 3.8) is 0 Å².